The lowest BCUT2D eigenvalue weighted by molar-refractivity contribution is 0.0305. The molecule has 0 unspecified atom stereocenters. The summed E-state index contributed by atoms with van der Waals surface area (Å²) < 4.78 is 10.5. The number of rotatable bonds is 11. The van der Waals surface area contributed by atoms with Crippen molar-refractivity contribution in [1.82, 2.24) is 15.5 Å². The highest BCUT2D eigenvalue weighted by atomic mass is 16.6. The summed E-state index contributed by atoms with van der Waals surface area (Å²) in [5, 5.41) is 17.8. The Balaban J connectivity index is 1.95. The lowest BCUT2D eigenvalue weighted by atomic mass is 9.93. The number of ether oxygens (including phenoxy) is 1. The molecule has 176 valence electrons. The summed E-state index contributed by atoms with van der Waals surface area (Å²) in [5.41, 5.74) is -0.771. The van der Waals surface area contributed by atoms with Crippen molar-refractivity contribution in [2.24, 2.45) is 4.99 Å². The Kier molecular flexibility index (Phi) is 10.7. The van der Waals surface area contributed by atoms with Gasteiger partial charge in [-0.15, -0.1) is 0 Å². The zero-order chi connectivity index (χ0) is 22.5. The van der Waals surface area contributed by atoms with Gasteiger partial charge in [-0.2, -0.15) is 0 Å². The number of likely N-dealkylation sites (tertiary alicyclic amines) is 1. The van der Waals surface area contributed by atoms with Crippen LogP contribution >= 0.6 is 0 Å². The number of hydrogen-bond acceptors (Lipinski definition) is 5. The molecule has 2 heterocycles. The zero-order valence-electron chi connectivity index (χ0n) is 19.4. The number of hydrogen-bond donors (Lipinski definition) is 3. The van der Waals surface area contributed by atoms with E-state index in [4.69, 9.17) is 14.1 Å². The van der Waals surface area contributed by atoms with Crippen LogP contribution in [-0.2, 0) is 11.2 Å². The van der Waals surface area contributed by atoms with Gasteiger partial charge >= 0.3 is 6.09 Å². The molecule has 0 saturated carbocycles. The van der Waals surface area contributed by atoms with E-state index in [1.54, 1.807) is 11.2 Å². The molecule has 1 aliphatic rings. The van der Waals surface area contributed by atoms with Crippen LogP contribution in [0.25, 0.3) is 0 Å². The van der Waals surface area contributed by atoms with Crippen LogP contribution in [0, 0.1) is 0 Å². The fourth-order valence-corrected chi connectivity index (χ4v) is 3.97. The smallest absolute Gasteiger partial charge is 0.409 e. The van der Waals surface area contributed by atoms with Crippen molar-refractivity contribution in [3.8, 4) is 0 Å². The first-order valence-corrected chi connectivity index (χ1v) is 11.7. The van der Waals surface area contributed by atoms with E-state index in [0.29, 0.717) is 38.7 Å². The second-order valence-corrected chi connectivity index (χ2v) is 8.25. The van der Waals surface area contributed by atoms with E-state index in [0.717, 1.165) is 50.7 Å². The minimum absolute atomic E-state index is 0.214. The van der Waals surface area contributed by atoms with Gasteiger partial charge in [-0.3, -0.25) is 4.99 Å². The van der Waals surface area contributed by atoms with E-state index in [-0.39, 0.29) is 12.1 Å². The standard InChI is InChI=1S/C23H40N4O4/c1-4-12-23(29,13-5-2)18-25-21(24-14-9-20-8-7-17-31-20)26-19-10-15-27(16-11-19)22(28)30-6-3/h7-8,17,19,29H,4-6,9-16,18H2,1-3H3,(H2,24,25,26). The van der Waals surface area contributed by atoms with Gasteiger partial charge in [-0.1, -0.05) is 26.7 Å². The number of aliphatic hydroxyl groups is 1. The molecule has 0 aromatic carbocycles. The monoisotopic (exact) mass is 436 g/mol. The quantitative estimate of drug-likeness (QED) is 0.364. The summed E-state index contributed by atoms with van der Waals surface area (Å²) in [6.45, 7) is 8.75. The number of nitrogens with zero attached hydrogens (tertiary/aromatic N) is 2. The second-order valence-electron chi connectivity index (χ2n) is 8.25. The molecule has 1 aromatic heterocycles. The molecule has 0 spiro atoms. The molecule has 1 fully saturated rings. The minimum Gasteiger partial charge on any atom is -0.469 e. The van der Waals surface area contributed by atoms with Crippen molar-refractivity contribution < 1.29 is 19.1 Å². The molecule has 0 atom stereocenters. The molecular weight excluding hydrogens is 396 g/mol. The van der Waals surface area contributed by atoms with Crippen molar-refractivity contribution in [3.05, 3.63) is 24.2 Å². The van der Waals surface area contributed by atoms with Gasteiger partial charge in [-0.05, 0) is 44.7 Å². The van der Waals surface area contributed by atoms with Crippen molar-refractivity contribution in [3.63, 3.8) is 0 Å². The Hall–Kier alpha value is -2.22. The van der Waals surface area contributed by atoms with E-state index in [9.17, 15) is 9.90 Å². The van der Waals surface area contributed by atoms with Gasteiger partial charge in [0.15, 0.2) is 5.96 Å². The van der Waals surface area contributed by atoms with E-state index < -0.39 is 5.60 Å². The molecule has 0 aliphatic carbocycles. The largest absolute Gasteiger partial charge is 0.469 e. The molecule has 1 saturated heterocycles. The number of amides is 1. The number of piperidine rings is 1. The highest BCUT2D eigenvalue weighted by Crippen LogP contribution is 2.20. The lowest BCUT2D eigenvalue weighted by Crippen LogP contribution is -2.50. The third kappa shape index (κ3) is 8.81. The molecule has 1 amide bonds. The van der Waals surface area contributed by atoms with Crippen LogP contribution in [0.3, 0.4) is 0 Å². The third-order valence-electron chi connectivity index (χ3n) is 5.57. The van der Waals surface area contributed by atoms with Crippen LogP contribution in [0.1, 0.15) is 65.1 Å². The highest BCUT2D eigenvalue weighted by molar-refractivity contribution is 5.80. The molecule has 3 N–H and O–H groups in total. The van der Waals surface area contributed by atoms with Gasteiger partial charge in [0.1, 0.15) is 5.76 Å². The molecule has 2 rings (SSSR count). The van der Waals surface area contributed by atoms with Crippen molar-refractivity contribution in [2.75, 3.05) is 32.8 Å². The van der Waals surface area contributed by atoms with Crippen molar-refractivity contribution in [1.29, 1.82) is 0 Å². The molecule has 0 bridgehead atoms. The molecule has 31 heavy (non-hydrogen) atoms. The molecule has 1 aromatic rings. The third-order valence-corrected chi connectivity index (χ3v) is 5.57. The van der Waals surface area contributed by atoms with Crippen LogP contribution in [0.4, 0.5) is 4.79 Å². The molecule has 8 heteroatoms. The lowest BCUT2D eigenvalue weighted by Gasteiger charge is -2.33. The average molecular weight is 437 g/mol. The molecular formula is C23H40N4O4. The average Bonchev–Trinajstić information content (AvgIpc) is 3.26. The maximum Gasteiger partial charge on any atom is 0.409 e. The van der Waals surface area contributed by atoms with Gasteiger partial charge in [-0.25, -0.2) is 4.79 Å². The summed E-state index contributed by atoms with van der Waals surface area (Å²) >= 11 is 0. The van der Waals surface area contributed by atoms with Crippen molar-refractivity contribution >= 4 is 12.1 Å². The summed E-state index contributed by atoms with van der Waals surface area (Å²) in [7, 11) is 0. The predicted molar refractivity (Wildman–Crippen MR) is 122 cm³/mol. The van der Waals surface area contributed by atoms with E-state index >= 15 is 0 Å². The van der Waals surface area contributed by atoms with Crippen LogP contribution in [0.5, 0.6) is 0 Å². The number of furan rings is 1. The number of nitrogens with one attached hydrogen (secondary N) is 2. The van der Waals surface area contributed by atoms with E-state index in [1.165, 1.54) is 0 Å². The van der Waals surface area contributed by atoms with Crippen LogP contribution in [0.2, 0.25) is 0 Å². The predicted octanol–water partition coefficient (Wildman–Crippen LogP) is 3.31. The Morgan fingerprint density at radius 2 is 2.00 bits per heavy atom. The zero-order valence-corrected chi connectivity index (χ0v) is 19.4. The number of carbonyl (C=O) groups is 1. The summed E-state index contributed by atoms with van der Waals surface area (Å²) in [6, 6.07) is 4.05. The van der Waals surface area contributed by atoms with Gasteiger partial charge in [0, 0.05) is 32.1 Å². The highest BCUT2D eigenvalue weighted by Gasteiger charge is 2.26. The van der Waals surface area contributed by atoms with E-state index in [1.807, 2.05) is 19.1 Å². The van der Waals surface area contributed by atoms with Gasteiger partial charge in [0.2, 0.25) is 0 Å². The van der Waals surface area contributed by atoms with E-state index in [2.05, 4.69) is 24.5 Å². The molecule has 8 nitrogen and oxygen atoms in total. The number of aliphatic imine (C=N–C) groups is 1. The topological polar surface area (TPSA) is 99.3 Å². The van der Waals surface area contributed by atoms with Crippen LogP contribution in [-0.4, -0.2) is 66.5 Å². The summed E-state index contributed by atoms with van der Waals surface area (Å²) in [6.07, 6.45) is 7.16. The normalized spacial score (nSPS) is 15.7. The maximum atomic E-state index is 11.9. The summed E-state index contributed by atoms with van der Waals surface area (Å²) in [5.74, 6) is 1.62. The number of guanidine groups is 1. The van der Waals surface area contributed by atoms with Gasteiger partial charge in [0.05, 0.1) is 25.0 Å². The second kappa shape index (κ2) is 13.2. The Labute approximate surface area is 186 Å². The fraction of sp³-hybridized carbons (Fsp3) is 0.739. The SMILES string of the molecule is CCCC(O)(CCC)CN=C(NCCc1ccco1)NC1CCN(C(=O)OCC)CC1. The van der Waals surface area contributed by atoms with Gasteiger partial charge in [0.25, 0.3) is 0 Å². The fourth-order valence-electron chi connectivity index (χ4n) is 3.97. The minimum atomic E-state index is -0.771. The molecule has 1 aliphatic heterocycles. The molecule has 0 radical (unpaired) electrons. The Morgan fingerprint density at radius 3 is 2.58 bits per heavy atom. The number of carbonyl (C=O) groups excluding carboxylic acids is 1. The Morgan fingerprint density at radius 1 is 1.29 bits per heavy atom. The van der Waals surface area contributed by atoms with Gasteiger partial charge < -0.3 is 29.8 Å². The first kappa shape index (κ1) is 25.0. The first-order valence-electron chi connectivity index (χ1n) is 11.7. The van der Waals surface area contributed by atoms with Crippen molar-refractivity contribution in [2.45, 2.75) is 77.4 Å². The summed E-state index contributed by atoms with van der Waals surface area (Å²) in [4.78, 5) is 18.4. The maximum absolute atomic E-state index is 11.9. The first-order chi connectivity index (χ1) is 15.0. The van der Waals surface area contributed by atoms with Crippen LogP contribution in [0.15, 0.2) is 27.8 Å². The van der Waals surface area contributed by atoms with Crippen LogP contribution < -0.4 is 10.6 Å². The Bertz CT molecular complexity index is 649.